The van der Waals surface area contributed by atoms with E-state index in [2.05, 4.69) is 48.3 Å². The molecule has 0 aromatic heterocycles. The molecular weight excluding hydrogens is 226 g/mol. The molecule has 1 aliphatic rings. The lowest BCUT2D eigenvalue weighted by Crippen LogP contribution is -2.19. The highest BCUT2D eigenvalue weighted by Crippen LogP contribution is 2.26. The van der Waals surface area contributed by atoms with Crippen LogP contribution < -0.4 is 5.32 Å². The van der Waals surface area contributed by atoms with Crippen molar-refractivity contribution in [2.75, 3.05) is 5.32 Å². The monoisotopic (exact) mass is 241 g/mol. The summed E-state index contributed by atoms with van der Waals surface area (Å²) in [5.41, 5.74) is 4.08. The van der Waals surface area contributed by atoms with Crippen molar-refractivity contribution in [2.45, 2.75) is 23.8 Å². The molecule has 2 aromatic rings. The standard InChI is InChI=1S/C15H15NS/c17-15-8-4-3-7-14(15)16-13-9-11-5-1-2-6-12(11)10-13/h1-8,13,16-17H,9-10H2. The van der Waals surface area contributed by atoms with Gasteiger partial charge in [-0.15, -0.1) is 12.6 Å². The van der Waals surface area contributed by atoms with E-state index < -0.39 is 0 Å². The molecule has 0 amide bonds. The number of thiol groups is 1. The molecule has 1 N–H and O–H groups in total. The van der Waals surface area contributed by atoms with E-state index in [1.54, 1.807) is 0 Å². The Morgan fingerprint density at radius 3 is 2.12 bits per heavy atom. The summed E-state index contributed by atoms with van der Waals surface area (Å²) < 4.78 is 0. The second kappa shape index (κ2) is 4.46. The van der Waals surface area contributed by atoms with Crippen molar-refractivity contribution in [3.8, 4) is 0 Å². The third kappa shape index (κ3) is 2.18. The van der Waals surface area contributed by atoms with E-state index in [0.29, 0.717) is 6.04 Å². The van der Waals surface area contributed by atoms with Crippen LogP contribution >= 0.6 is 12.6 Å². The highest BCUT2D eigenvalue weighted by atomic mass is 32.1. The van der Waals surface area contributed by atoms with E-state index in [-0.39, 0.29) is 0 Å². The highest BCUT2D eigenvalue weighted by molar-refractivity contribution is 7.80. The number of hydrogen-bond donors (Lipinski definition) is 2. The molecule has 0 spiro atoms. The summed E-state index contributed by atoms with van der Waals surface area (Å²) in [5.74, 6) is 0. The van der Waals surface area contributed by atoms with Gasteiger partial charge in [-0.2, -0.15) is 0 Å². The predicted molar refractivity (Wildman–Crippen MR) is 75.0 cm³/mol. The molecule has 0 heterocycles. The molecule has 86 valence electrons. The van der Waals surface area contributed by atoms with E-state index in [1.807, 2.05) is 18.2 Å². The molecule has 0 saturated heterocycles. The highest BCUT2D eigenvalue weighted by Gasteiger charge is 2.20. The van der Waals surface area contributed by atoms with Crippen LogP contribution in [0, 0.1) is 0 Å². The Morgan fingerprint density at radius 1 is 0.882 bits per heavy atom. The van der Waals surface area contributed by atoms with Gasteiger partial charge in [0.25, 0.3) is 0 Å². The summed E-state index contributed by atoms with van der Waals surface area (Å²) in [5, 5.41) is 3.58. The lowest BCUT2D eigenvalue weighted by molar-refractivity contribution is 0.771. The van der Waals surface area contributed by atoms with Crippen molar-refractivity contribution in [1.82, 2.24) is 0 Å². The van der Waals surface area contributed by atoms with E-state index >= 15 is 0 Å². The number of benzene rings is 2. The first-order valence-electron chi connectivity index (χ1n) is 5.94. The smallest absolute Gasteiger partial charge is 0.0478 e. The van der Waals surface area contributed by atoms with Gasteiger partial charge in [0.05, 0.1) is 0 Å². The molecule has 1 nitrogen and oxygen atoms in total. The average Bonchev–Trinajstić information content (AvgIpc) is 2.74. The average molecular weight is 241 g/mol. The molecular formula is C15H15NS. The SMILES string of the molecule is Sc1ccccc1NC1Cc2ccccc2C1. The second-order valence-electron chi connectivity index (χ2n) is 4.54. The molecule has 0 saturated carbocycles. The number of nitrogens with one attached hydrogen (secondary N) is 1. The molecule has 0 radical (unpaired) electrons. The first kappa shape index (κ1) is 10.7. The second-order valence-corrected chi connectivity index (χ2v) is 5.02. The minimum atomic E-state index is 0.501. The summed E-state index contributed by atoms with van der Waals surface area (Å²) in [6.07, 6.45) is 2.22. The van der Waals surface area contributed by atoms with Gasteiger partial charge in [-0.25, -0.2) is 0 Å². The summed E-state index contributed by atoms with van der Waals surface area (Å²) in [6.45, 7) is 0. The molecule has 2 heteroatoms. The molecule has 0 bridgehead atoms. The fourth-order valence-corrected chi connectivity index (χ4v) is 2.70. The quantitative estimate of drug-likeness (QED) is 0.766. The van der Waals surface area contributed by atoms with Crippen molar-refractivity contribution in [1.29, 1.82) is 0 Å². The molecule has 1 aliphatic carbocycles. The number of para-hydroxylation sites is 1. The Hall–Kier alpha value is -1.41. The summed E-state index contributed by atoms with van der Waals surface area (Å²) in [4.78, 5) is 1.02. The first-order chi connectivity index (χ1) is 8.33. The van der Waals surface area contributed by atoms with Gasteiger partial charge in [0.2, 0.25) is 0 Å². The Bertz CT molecular complexity index is 511. The van der Waals surface area contributed by atoms with Crippen molar-refractivity contribution in [2.24, 2.45) is 0 Å². The van der Waals surface area contributed by atoms with Gasteiger partial charge in [-0.05, 0) is 36.1 Å². The molecule has 0 atom stereocenters. The number of fused-ring (bicyclic) bond motifs is 1. The normalized spacial score (nSPS) is 14.6. The predicted octanol–water partition coefficient (Wildman–Crippen LogP) is 3.55. The zero-order valence-corrected chi connectivity index (χ0v) is 10.5. The van der Waals surface area contributed by atoms with Crippen molar-refractivity contribution in [3.05, 3.63) is 59.7 Å². The minimum absolute atomic E-state index is 0.501. The summed E-state index contributed by atoms with van der Waals surface area (Å²) in [6, 6.07) is 17.4. The first-order valence-corrected chi connectivity index (χ1v) is 6.39. The molecule has 3 rings (SSSR count). The molecule has 0 fully saturated rings. The van der Waals surface area contributed by atoms with Crippen LogP contribution in [0.3, 0.4) is 0 Å². The Morgan fingerprint density at radius 2 is 1.47 bits per heavy atom. The Balaban J connectivity index is 1.76. The number of anilines is 1. The zero-order chi connectivity index (χ0) is 11.7. The van der Waals surface area contributed by atoms with Crippen LogP contribution in [0.1, 0.15) is 11.1 Å². The van der Waals surface area contributed by atoms with Gasteiger partial charge in [0, 0.05) is 16.6 Å². The van der Waals surface area contributed by atoms with Gasteiger partial charge >= 0.3 is 0 Å². The number of hydrogen-bond acceptors (Lipinski definition) is 2. The van der Waals surface area contributed by atoms with Crippen LogP contribution in [0.15, 0.2) is 53.4 Å². The van der Waals surface area contributed by atoms with Crippen LogP contribution in [0.25, 0.3) is 0 Å². The Labute approximate surface area is 107 Å². The third-order valence-electron chi connectivity index (χ3n) is 3.31. The minimum Gasteiger partial charge on any atom is -0.381 e. The lowest BCUT2D eigenvalue weighted by atomic mass is 10.1. The van der Waals surface area contributed by atoms with E-state index in [9.17, 15) is 0 Å². The summed E-state index contributed by atoms with van der Waals surface area (Å²) >= 11 is 4.47. The van der Waals surface area contributed by atoms with E-state index in [4.69, 9.17) is 0 Å². The fraction of sp³-hybridized carbons (Fsp3) is 0.200. The van der Waals surface area contributed by atoms with Gasteiger partial charge in [0.1, 0.15) is 0 Å². The maximum Gasteiger partial charge on any atom is 0.0478 e. The van der Waals surface area contributed by atoms with Gasteiger partial charge in [-0.1, -0.05) is 36.4 Å². The third-order valence-corrected chi connectivity index (χ3v) is 3.70. The van der Waals surface area contributed by atoms with Crippen molar-refractivity contribution >= 4 is 18.3 Å². The molecule has 2 aromatic carbocycles. The van der Waals surface area contributed by atoms with Crippen LogP contribution in [0.4, 0.5) is 5.69 Å². The topological polar surface area (TPSA) is 12.0 Å². The Kier molecular flexibility index (Phi) is 2.81. The van der Waals surface area contributed by atoms with Crippen LogP contribution in [0.5, 0.6) is 0 Å². The summed E-state index contributed by atoms with van der Waals surface area (Å²) in [7, 11) is 0. The van der Waals surface area contributed by atoms with Crippen molar-refractivity contribution in [3.63, 3.8) is 0 Å². The fourth-order valence-electron chi connectivity index (χ4n) is 2.48. The zero-order valence-electron chi connectivity index (χ0n) is 9.56. The van der Waals surface area contributed by atoms with Crippen LogP contribution in [0.2, 0.25) is 0 Å². The lowest BCUT2D eigenvalue weighted by Gasteiger charge is -2.15. The van der Waals surface area contributed by atoms with Gasteiger partial charge in [-0.3, -0.25) is 0 Å². The van der Waals surface area contributed by atoms with Crippen molar-refractivity contribution < 1.29 is 0 Å². The maximum atomic E-state index is 4.47. The van der Waals surface area contributed by atoms with E-state index in [1.165, 1.54) is 11.1 Å². The van der Waals surface area contributed by atoms with Gasteiger partial charge < -0.3 is 5.32 Å². The molecule has 0 unspecified atom stereocenters. The van der Waals surface area contributed by atoms with Crippen LogP contribution in [-0.4, -0.2) is 6.04 Å². The molecule has 17 heavy (non-hydrogen) atoms. The largest absolute Gasteiger partial charge is 0.381 e. The van der Waals surface area contributed by atoms with Crippen LogP contribution in [-0.2, 0) is 12.8 Å². The maximum absolute atomic E-state index is 4.47. The van der Waals surface area contributed by atoms with Gasteiger partial charge in [0.15, 0.2) is 0 Å². The molecule has 0 aliphatic heterocycles. The number of rotatable bonds is 2. The van der Waals surface area contributed by atoms with E-state index in [0.717, 1.165) is 23.4 Å².